The molecule has 1 rings (SSSR count). The van der Waals surface area contributed by atoms with Crippen LogP contribution >= 0.6 is 7.26 Å². The standard InChI is InChI=1S/C21H36O2P.BrH/c1-5-8-15-24(16-9-6-2,17-10-7-3)18-19-11-13-20(14-12-19)21(22)23-4;/h11-14H,5-10,15-18H2,1-4H3;1H/q+1;/p-1. The zero-order valence-electron chi connectivity index (χ0n) is 16.5. The van der Waals surface area contributed by atoms with Gasteiger partial charge in [0, 0.05) is 7.26 Å². The van der Waals surface area contributed by atoms with Crippen molar-refractivity contribution < 1.29 is 26.5 Å². The van der Waals surface area contributed by atoms with E-state index in [-0.39, 0.29) is 23.0 Å². The highest BCUT2D eigenvalue weighted by Gasteiger charge is 2.35. The van der Waals surface area contributed by atoms with Crippen molar-refractivity contribution in [2.75, 3.05) is 25.6 Å². The van der Waals surface area contributed by atoms with Gasteiger partial charge in [-0.15, -0.1) is 0 Å². The van der Waals surface area contributed by atoms with E-state index in [2.05, 4.69) is 32.9 Å². The molecule has 1 aromatic rings. The minimum Gasteiger partial charge on any atom is -1.00 e. The van der Waals surface area contributed by atoms with E-state index < -0.39 is 7.26 Å². The summed E-state index contributed by atoms with van der Waals surface area (Å²) in [6.07, 6.45) is 13.5. The van der Waals surface area contributed by atoms with Crippen molar-refractivity contribution in [3.8, 4) is 0 Å². The third-order valence-electron chi connectivity index (χ3n) is 4.85. The number of unbranched alkanes of at least 4 members (excludes halogenated alkanes) is 3. The first-order chi connectivity index (χ1) is 11.6. The number of methoxy groups -OCH3 is 1. The first kappa shape index (κ1) is 24.6. The van der Waals surface area contributed by atoms with Crippen molar-refractivity contribution in [1.82, 2.24) is 0 Å². The number of rotatable bonds is 12. The second kappa shape index (κ2) is 13.8. The van der Waals surface area contributed by atoms with Crippen molar-refractivity contribution in [2.45, 2.75) is 65.5 Å². The molecule has 0 aliphatic heterocycles. The van der Waals surface area contributed by atoms with Crippen LogP contribution in [0.2, 0.25) is 0 Å². The van der Waals surface area contributed by atoms with Gasteiger partial charge in [-0.05, 0) is 37.0 Å². The number of esters is 1. The maximum Gasteiger partial charge on any atom is 0.337 e. The summed E-state index contributed by atoms with van der Waals surface area (Å²) in [5.41, 5.74) is 2.06. The summed E-state index contributed by atoms with van der Waals surface area (Å²) in [5, 5.41) is 0. The van der Waals surface area contributed by atoms with Gasteiger partial charge < -0.3 is 21.7 Å². The summed E-state index contributed by atoms with van der Waals surface area (Å²) in [6.45, 7) is 6.92. The summed E-state index contributed by atoms with van der Waals surface area (Å²) in [4.78, 5) is 11.6. The highest BCUT2D eigenvalue weighted by atomic mass is 79.9. The lowest BCUT2D eigenvalue weighted by Crippen LogP contribution is -3.00. The lowest BCUT2D eigenvalue weighted by Gasteiger charge is -2.28. The van der Waals surface area contributed by atoms with E-state index in [1.54, 1.807) is 0 Å². The third kappa shape index (κ3) is 8.69. The number of carbonyl (C=O) groups excluding carboxylic acids is 1. The second-order valence-electron chi connectivity index (χ2n) is 6.92. The van der Waals surface area contributed by atoms with E-state index in [0.29, 0.717) is 5.56 Å². The van der Waals surface area contributed by atoms with Crippen LogP contribution in [0.25, 0.3) is 0 Å². The fourth-order valence-electron chi connectivity index (χ4n) is 3.30. The van der Waals surface area contributed by atoms with Crippen LogP contribution in [0.3, 0.4) is 0 Å². The van der Waals surface area contributed by atoms with Crippen molar-refractivity contribution in [1.29, 1.82) is 0 Å². The van der Waals surface area contributed by atoms with Gasteiger partial charge in [0.25, 0.3) is 0 Å². The van der Waals surface area contributed by atoms with E-state index >= 15 is 0 Å². The molecule has 1 aromatic carbocycles. The quantitative estimate of drug-likeness (QED) is 0.375. The predicted octanol–water partition coefficient (Wildman–Crippen LogP) is 3.40. The van der Waals surface area contributed by atoms with Crippen LogP contribution in [0.1, 0.15) is 75.2 Å². The summed E-state index contributed by atoms with van der Waals surface area (Å²) in [6, 6.07) is 8.14. The van der Waals surface area contributed by atoms with Crippen molar-refractivity contribution in [2.24, 2.45) is 0 Å². The Labute approximate surface area is 166 Å². The van der Waals surface area contributed by atoms with Gasteiger partial charge in [-0.2, -0.15) is 0 Å². The predicted molar refractivity (Wildman–Crippen MR) is 108 cm³/mol. The van der Waals surface area contributed by atoms with Gasteiger partial charge in [0.05, 0.1) is 37.3 Å². The maximum absolute atomic E-state index is 11.6. The maximum atomic E-state index is 11.6. The van der Waals surface area contributed by atoms with E-state index in [4.69, 9.17) is 4.74 Å². The fourth-order valence-corrected chi connectivity index (χ4v) is 8.40. The first-order valence-electron chi connectivity index (χ1n) is 9.63. The molecule has 0 aromatic heterocycles. The Morgan fingerprint density at radius 2 is 1.32 bits per heavy atom. The van der Waals surface area contributed by atoms with Gasteiger partial charge in [-0.1, -0.05) is 52.2 Å². The summed E-state index contributed by atoms with van der Waals surface area (Å²) < 4.78 is 4.80. The van der Waals surface area contributed by atoms with E-state index in [0.717, 1.165) is 0 Å². The Morgan fingerprint density at radius 1 is 0.880 bits per heavy atom. The number of ether oxygens (including phenoxy) is 1. The largest absolute Gasteiger partial charge is 1.00 e. The normalized spacial score (nSPS) is 11.0. The molecule has 0 N–H and O–H groups in total. The van der Waals surface area contributed by atoms with Crippen LogP contribution in [0, 0.1) is 0 Å². The molecular formula is C21H36BrO2P. The Balaban J connectivity index is 0.00000576. The molecular weight excluding hydrogens is 395 g/mol. The SMILES string of the molecule is CCCC[P+](CCCC)(CCCC)Cc1ccc(C(=O)OC)cc1.[Br-]. The van der Waals surface area contributed by atoms with Gasteiger partial charge in [0.1, 0.15) is 0 Å². The zero-order valence-corrected chi connectivity index (χ0v) is 19.0. The molecule has 25 heavy (non-hydrogen) atoms. The molecule has 0 bridgehead atoms. The molecule has 0 heterocycles. The molecule has 144 valence electrons. The fraction of sp³-hybridized carbons (Fsp3) is 0.667. The number of halogens is 1. The number of hydrogen-bond donors (Lipinski definition) is 0. The van der Waals surface area contributed by atoms with Crippen LogP contribution in [0.4, 0.5) is 0 Å². The van der Waals surface area contributed by atoms with Crippen molar-refractivity contribution in [3.05, 3.63) is 35.4 Å². The molecule has 0 amide bonds. The average molecular weight is 431 g/mol. The Morgan fingerprint density at radius 3 is 1.68 bits per heavy atom. The number of hydrogen-bond acceptors (Lipinski definition) is 2. The van der Waals surface area contributed by atoms with Gasteiger partial charge in [0.2, 0.25) is 0 Å². The molecule has 0 atom stereocenters. The summed E-state index contributed by atoms with van der Waals surface area (Å²) >= 11 is 0. The monoisotopic (exact) mass is 430 g/mol. The highest BCUT2D eigenvalue weighted by molar-refractivity contribution is 7.75. The van der Waals surface area contributed by atoms with Gasteiger partial charge in [-0.25, -0.2) is 4.79 Å². The van der Waals surface area contributed by atoms with E-state index in [9.17, 15) is 4.79 Å². The minimum atomic E-state index is -0.930. The molecule has 0 saturated carbocycles. The van der Waals surface area contributed by atoms with Gasteiger partial charge in [-0.3, -0.25) is 0 Å². The smallest absolute Gasteiger partial charge is 0.337 e. The first-order valence-corrected chi connectivity index (χ1v) is 12.2. The van der Waals surface area contributed by atoms with Crippen LogP contribution in [-0.2, 0) is 10.9 Å². The molecule has 0 radical (unpaired) electrons. The average Bonchev–Trinajstić information content (AvgIpc) is 2.62. The zero-order chi connectivity index (χ0) is 17.8. The molecule has 0 unspecified atom stereocenters. The third-order valence-corrected chi connectivity index (χ3v) is 9.68. The molecule has 0 fully saturated rings. The number of carbonyl (C=O) groups is 1. The van der Waals surface area contributed by atoms with Crippen LogP contribution < -0.4 is 17.0 Å². The van der Waals surface area contributed by atoms with Crippen LogP contribution in [0.15, 0.2) is 24.3 Å². The lowest BCUT2D eigenvalue weighted by molar-refractivity contribution is -0.0000199. The van der Waals surface area contributed by atoms with Crippen molar-refractivity contribution >= 4 is 13.2 Å². The molecule has 0 aliphatic carbocycles. The molecule has 4 heteroatoms. The topological polar surface area (TPSA) is 26.3 Å². The summed E-state index contributed by atoms with van der Waals surface area (Å²) in [7, 11) is 0.508. The Hall–Kier alpha value is -0.400. The Bertz CT molecular complexity index is 452. The second-order valence-corrected chi connectivity index (χ2v) is 11.3. The minimum absolute atomic E-state index is 0. The number of benzene rings is 1. The molecule has 2 nitrogen and oxygen atoms in total. The van der Waals surface area contributed by atoms with Gasteiger partial charge in [0.15, 0.2) is 0 Å². The van der Waals surface area contributed by atoms with Crippen molar-refractivity contribution in [3.63, 3.8) is 0 Å². The van der Waals surface area contributed by atoms with Crippen LogP contribution in [-0.4, -0.2) is 31.6 Å². The van der Waals surface area contributed by atoms with E-state index in [1.165, 1.54) is 75.8 Å². The molecule has 0 saturated heterocycles. The van der Waals surface area contributed by atoms with E-state index in [1.807, 2.05) is 12.1 Å². The molecule has 0 aliphatic rings. The molecule has 0 spiro atoms. The lowest BCUT2D eigenvalue weighted by atomic mass is 10.1. The Kier molecular flexibility index (Phi) is 13.5. The summed E-state index contributed by atoms with van der Waals surface area (Å²) in [5.74, 6) is -0.245. The van der Waals surface area contributed by atoms with Gasteiger partial charge >= 0.3 is 5.97 Å². The highest BCUT2D eigenvalue weighted by Crippen LogP contribution is 2.63. The van der Waals surface area contributed by atoms with Crippen LogP contribution in [0.5, 0.6) is 0 Å².